The number of sulfonamides is 1. The van der Waals surface area contributed by atoms with Crippen LogP contribution >= 0.6 is 0 Å². The quantitative estimate of drug-likeness (QED) is 0.632. The number of hydrogen-bond donors (Lipinski definition) is 2. The molecule has 1 fully saturated rings. The summed E-state index contributed by atoms with van der Waals surface area (Å²) in [5.74, 6) is -1.32. The Morgan fingerprint density at radius 3 is 2.43 bits per heavy atom. The highest BCUT2D eigenvalue weighted by atomic mass is 32.2. The number of piperazine rings is 1. The standard InChI is InChI=1S/C18H27FN4O4S/c1-3-8-20-18(25)14(2)21-17(24)13-22-9-11-23(12-10-22)28(26,27)16-7-5-4-6-15(16)19/h4-7,14H,3,8-13H2,1-2H3,(H,20,25)(H,21,24)/t14-/m0/s1. The van der Waals surface area contributed by atoms with Crippen molar-refractivity contribution in [2.75, 3.05) is 39.3 Å². The first kappa shape index (κ1) is 22.3. The van der Waals surface area contributed by atoms with E-state index in [4.69, 9.17) is 0 Å². The van der Waals surface area contributed by atoms with Crippen LogP contribution in [-0.2, 0) is 19.6 Å². The van der Waals surface area contributed by atoms with Crippen LogP contribution in [0.2, 0.25) is 0 Å². The van der Waals surface area contributed by atoms with Crippen LogP contribution in [0.1, 0.15) is 20.3 Å². The summed E-state index contributed by atoms with van der Waals surface area (Å²) < 4.78 is 40.2. The molecule has 0 saturated carbocycles. The third-order valence-electron chi connectivity index (χ3n) is 4.47. The number of halogens is 1. The predicted molar refractivity (Wildman–Crippen MR) is 103 cm³/mol. The largest absolute Gasteiger partial charge is 0.354 e. The Balaban J connectivity index is 1.84. The molecule has 0 radical (unpaired) electrons. The molecule has 0 unspecified atom stereocenters. The molecule has 2 rings (SSSR count). The van der Waals surface area contributed by atoms with Crippen LogP contribution in [0.15, 0.2) is 29.2 Å². The highest BCUT2D eigenvalue weighted by Gasteiger charge is 2.31. The van der Waals surface area contributed by atoms with Gasteiger partial charge in [0.15, 0.2) is 0 Å². The smallest absolute Gasteiger partial charge is 0.246 e. The van der Waals surface area contributed by atoms with Crippen LogP contribution in [0.4, 0.5) is 4.39 Å². The maximum atomic E-state index is 13.9. The molecule has 0 aromatic heterocycles. The van der Waals surface area contributed by atoms with E-state index in [0.29, 0.717) is 19.6 Å². The van der Waals surface area contributed by atoms with Crippen molar-refractivity contribution in [1.82, 2.24) is 19.8 Å². The third-order valence-corrected chi connectivity index (χ3v) is 6.40. The van der Waals surface area contributed by atoms with E-state index in [1.807, 2.05) is 6.92 Å². The molecule has 1 aromatic rings. The lowest BCUT2D eigenvalue weighted by Crippen LogP contribution is -2.53. The Labute approximate surface area is 165 Å². The van der Waals surface area contributed by atoms with Crippen LogP contribution in [-0.4, -0.2) is 74.7 Å². The van der Waals surface area contributed by atoms with Gasteiger partial charge in [0.2, 0.25) is 21.8 Å². The number of carbonyl (C=O) groups is 2. The Morgan fingerprint density at radius 1 is 1.18 bits per heavy atom. The second kappa shape index (κ2) is 9.94. The zero-order valence-corrected chi connectivity index (χ0v) is 17.0. The number of amides is 2. The lowest BCUT2D eigenvalue weighted by atomic mass is 10.3. The van der Waals surface area contributed by atoms with Crippen molar-refractivity contribution >= 4 is 21.8 Å². The maximum absolute atomic E-state index is 13.9. The fourth-order valence-electron chi connectivity index (χ4n) is 2.88. The van der Waals surface area contributed by atoms with Crippen LogP contribution in [0.3, 0.4) is 0 Å². The highest BCUT2D eigenvalue weighted by Crippen LogP contribution is 2.20. The normalized spacial score (nSPS) is 17.1. The van der Waals surface area contributed by atoms with Gasteiger partial charge in [-0.05, 0) is 25.5 Å². The van der Waals surface area contributed by atoms with E-state index in [1.54, 1.807) is 11.8 Å². The van der Waals surface area contributed by atoms with E-state index >= 15 is 0 Å². The van der Waals surface area contributed by atoms with Crippen LogP contribution < -0.4 is 10.6 Å². The first-order chi connectivity index (χ1) is 13.3. The van der Waals surface area contributed by atoms with E-state index < -0.39 is 21.9 Å². The summed E-state index contributed by atoms with van der Waals surface area (Å²) >= 11 is 0. The first-order valence-electron chi connectivity index (χ1n) is 9.29. The highest BCUT2D eigenvalue weighted by molar-refractivity contribution is 7.89. The van der Waals surface area contributed by atoms with Crippen LogP contribution in [0, 0.1) is 5.82 Å². The molecule has 0 aliphatic carbocycles. The topological polar surface area (TPSA) is 98.8 Å². The number of benzene rings is 1. The van der Waals surface area contributed by atoms with Gasteiger partial charge < -0.3 is 10.6 Å². The van der Waals surface area contributed by atoms with Crippen molar-refractivity contribution in [3.05, 3.63) is 30.1 Å². The van der Waals surface area contributed by atoms with Crippen molar-refractivity contribution in [2.24, 2.45) is 0 Å². The molecule has 1 heterocycles. The molecular formula is C18H27FN4O4S. The molecule has 10 heteroatoms. The molecule has 28 heavy (non-hydrogen) atoms. The predicted octanol–water partition coefficient (Wildman–Crippen LogP) is 0.163. The van der Waals surface area contributed by atoms with Crippen molar-refractivity contribution in [1.29, 1.82) is 0 Å². The minimum atomic E-state index is -3.91. The Morgan fingerprint density at radius 2 is 1.82 bits per heavy atom. The van der Waals surface area contributed by atoms with Crippen LogP contribution in [0.5, 0.6) is 0 Å². The fraction of sp³-hybridized carbons (Fsp3) is 0.556. The summed E-state index contributed by atoms with van der Waals surface area (Å²) in [6.07, 6.45) is 0.812. The van der Waals surface area contributed by atoms with Gasteiger partial charge in [0, 0.05) is 32.7 Å². The van der Waals surface area contributed by atoms with Gasteiger partial charge in [0.05, 0.1) is 6.54 Å². The van der Waals surface area contributed by atoms with Gasteiger partial charge in [-0.15, -0.1) is 0 Å². The van der Waals surface area contributed by atoms with E-state index in [9.17, 15) is 22.4 Å². The van der Waals surface area contributed by atoms with Crippen LogP contribution in [0.25, 0.3) is 0 Å². The minimum Gasteiger partial charge on any atom is -0.354 e. The summed E-state index contributed by atoms with van der Waals surface area (Å²) in [7, 11) is -3.91. The van der Waals surface area contributed by atoms with Gasteiger partial charge in [0.1, 0.15) is 16.8 Å². The second-order valence-electron chi connectivity index (χ2n) is 6.69. The molecule has 0 bridgehead atoms. The molecule has 2 N–H and O–H groups in total. The van der Waals surface area contributed by atoms with Gasteiger partial charge >= 0.3 is 0 Å². The summed E-state index contributed by atoms with van der Waals surface area (Å²) in [5, 5.41) is 5.35. The molecule has 1 aromatic carbocycles. The number of rotatable bonds is 8. The van der Waals surface area contributed by atoms with Gasteiger partial charge in [-0.25, -0.2) is 12.8 Å². The number of nitrogens with zero attached hydrogens (tertiary/aromatic N) is 2. The van der Waals surface area contributed by atoms with Crippen molar-refractivity contribution in [2.45, 2.75) is 31.2 Å². The van der Waals surface area contributed by atoms with E-state index in [-0.39, 0.29) is 36.3 Å². The summed E-state index contributed by atoms with van der Waals surface area (Å²) in [6.45, 7) is 5.19. The average Bonchev–Trinajstić information content (AvgIpc) is 2.66. The number of hydrogen-bond acceptors (Lipinski definition) is 5. The molecule has 156 valence electrons. The molecule has 2 amide bonds. The lowest BCUT2D eigenvalue weighted by molar-refractivity contribution is -0.129. The van der Waals surface area contributed by atoms with Gasteiger partial charge in [-0.3, -0.25) is 14.5 Å². The van der Waals surface area contributed by atoms with E-state index in [1.165, 1.54) is 22.5 Å². The molecule has 8 nitrogen and oxygen atoms in total. The zero-order valence-electron chi connectivity index (χ0n) is 16.2. The lowest BCUT2D eigenvalue weighted by Gasteiger charge is -2.33. The second-order valence-corrected chi connectivity index (χ2v) is 8.60. The average molecular weight is 415 g/mol. The van der Waals surface area contributed by atoms with Crippen molar-refractivity contribution < 1.29 is 22.4 Å². The van der Waals surface area contributed by atoms with Crippen molar-refractivity contribution in [3.8, 4) is 0 Å². The maximum Gasteiger partial charge on any atom is 0.246 e. The zero-order chi connectivity index (χ0) is 20.7. The fourth-order valence-corrected chi connectivity index (χ4v) is 4.37. The van der Waals surface area contributed by atoms with Gasteiger partial charge in [0.25, 0.3) is 0 Å². The Kier molecular flexibility index (Phi) is 7.90. The first-order valence-corrected chi connectivity index (χ1v) is 10.7. The summed E-state index contributed by atoms with van der Waals surface area (Å²) in [5.41, 5.74) is 0. The third kappa shape index (κ3) is 5.73. The molecule has 1 aliphatic heterocycles. The van der Waals surface area contributed by atoms with E-state index in [2.05, 4.69) is 10.6 Å². The monoisotopic (exact) mass is 414 g/mol. The summed E-state index contributed by atoms with van der Waals surface area (Å²) in [4.78, 5) is 25.4. The minimum absolute atomic E-state index is 0.0684. The molecule has 1 saturated heterocycles. The van der Waals surface area contributed by atoms with E-state index in [0.717, 1.165) is 12.5 Å². The summed E-state index contributed by atoms with van der Waals surface area (Å²) in [6, 6.07) is 4.64. The van der Waals surface area contributed by atoms with Gasteiger partial charge in [-0.2, -0.15) is 4.31 Å². The number of carbonyl (C=O) groups excluding carboxylic acids is 2. The van der Waals surface area contributed by atoms with Gasteiger partial charge in [-0.1, -0.05) is 19.1 Å². The molecule has 1 atom stereocenters. The molecule has 0 spiro atoms. The van der Waals surface area contributed by atoms with Crippen molar-refractivity contribution in [3.63, 3.8) is 0 Å². The molecule has 1 aliphatic rings. The number of nitrogens with one attached hydrogen (secondary N) is 2. The Hall–Kier alpha value is -2.04. The SMILES string of the molecule is CCCNC(=O)[C@H](C)NC(=O)CN1CCN(S(=O)(=O)c2ccccc2F)CC1. The Bertz CT molecular complexity index is 795. The molecular weight excluding hydrogens is 387 g/mol.